The molecule has 25 heavy (non-hydrogen) atoms. The summed E-state index contributed by atoms with van der Waals surface area (Å²) in [5, 5.41) is 6.79. The van der Waals surface area contributed by atoms with Crippen LogP contribution in [0.2, 0.25) is 0 Å². The van der Waals surface area contributed by atoms with E-state index in [-0.39, 0.29) is 5.95 Å². The third-order valence-electron chi connectivity index (χ3n) is 5.22. The van der Waals surface area contributed by atoms with Crippen LogP contribution >= 0.6 is 0 Å². The third kappa shape index (κ3) is 3.66. The van der Waals surface area contributed by atoms with Crippen LogP contribution in [-0.2, 0) is 6.54 Å². The number of piperidine rings is 1. The summed E-state index contributed by atoms with van der Waals surface area (Å²) in [5.41, 5.74) is 7.46. The van der Waals surface area contributed by atoms with Crippen molar-refractivity contribution in [3.8, 4) is 0 Å². The predicted octanol–water partition coefficient (Wildman–Crippen LogP) is 1.65. The molecule has 4 N–H and O–H groups in total. The van der Waals surface area contributed by atoms with Gasteiger partial charge in [0.15, 0.2) is 0 Å². The smallest absolute Gasteiger partial charge is 0.231 e. The molecule has 2 saturated heterocycles. The van der Waals surface area contributed by atoms with Crippen molar-refractivity contribution in [2.75, 3.05) is 42.1 Å². The van der Waals surface area contributed by atoms with E-state index in [1.165, 1.54) is 24.8 Å². The van der Waals surface area contributed by atoms with E-state index in [1.54, 1.807) is 0 Å². The molecular weight excluding hydrogens is 314 g/mol. The molecule has 0 bridgehead atoms. The summed E-state index contributed by atoms with van der Waals surface area (Å²) in [5.74, 6) is 1.49. The molecule has 0 radical (unpaired) electrons. The lowest BCUT2D eigenvalue weighted by atomic mass is 9.80. The van der Waals surface area contributed by atoms with E-state index in [0.717, 1.165) is 26.2 Å². The summed E-state index contributed by atoms with van der Waals surface area (Å²) in [7, 11) is 0. The fourth-order valence-corrected chi connectivity index (χ4v) is 3.86. The Morgan fingerprint density at radius 1 is 1.16 bits per heavy atom. The van der Waals surface area contributed by atoms with E-state index in [4.69, 9.17) is 5.73 Å². The summed E-state index contributed by atoms with van der Waals surface area (Å²) in [6, 6.07) is 10.2. The van der Waals surface area contributed by atoms with E-state index < -0.39 is 0 Å². The van der Waals surface area contributed by atoms with Crippen LogP contribution in [-0.4, -0.2) is 41.1 Å². The first kappa shape index (κ1) is 16.1. The van der Waals surface area contributed by atoms with Crippen LogP contribution < -0.4 is 21.3 Å². The molecule has 0 saturated carbocycles. The van der Waals surface area contributed by atoms with Crippen molar-refractivity contribution in [1.82, 2.24) is 20.3 Å². The van der Waals surface area contributed by atoms with Gasteiger partial charge in [-0.05, 0) is 31.4 Å². The van der Waals surface area contributed by atoms with Crippen LogP contribution in [0.1, 0.15) is 24.8 Å². The molecule has 0 amide bonds. The molecule has 7 nitrogen and oxygen atoms in total. The number of hydrogen-bond acceptors (Lipinski definition) is 7. The number of aromatic nitrogens is 3. The van der Waals surface area contributed by atoms with Crippen LogP contribution in [0.5, 0.6) is 0 Å². The molecule has 2 fully saturated rings. The zero-order valence-corrected chi connectivity index (χ0v) is 14.4. The minimum atomic E-state index is 0.267. The first-order valence-electron chi connectivity index (χ1n) is 8.98. The molecule has 1 spiro atoms. The fourth-order valence-electron chi connectivity index (χ4n) is 3.86. The van der Waals surface area contributed by atoms with E-state index in [9.17, 15) is 0 Å². The number of nitrogen functional groups attached to an aromatic ring is 1. The molecule has 2 aliphatic rings. The molecule has 0 unspecified atom stereocenters. The van der Waals surface area contributed by atoms with E-state index >= 15 is 0 Å². The number of hydrogen-bond donors (Lipinski definition) is 3. The van der Waals surface area contributed by atoms with Gasteiger partial charge in [-0.3, -0.25) is 0 Å². The third-order valence-corrected chi connectivity index (χ3v) is 5.22. The standard InChI is InChI=1S/C18H25N7/c19-15-22-16(21-11-14-5-2-1-3-6-14)24-17(23-15)25-10-8-18(13-25)7-4-9-20-12-18/h1-3,5-6,20H,4,7-13H2,(H3,19,21,22,23,24)/t18-/m1/s1. The van der Waals surface area contributed by atoms with Gasteiger partial charge >= 0.3 is 0 Å². The zero-order chi connectivity index (χ0) is 17.1. The van der Waals surface area contributed by atoms with Crippen molar-refractivity contribution in [2.24, 2.45) is 5.41 Å². The Kier molecular flexibility index (Phi) is 4.40. The number of nitrogens with one attached hydrogen (secondary N) is 2. The Morgan fingerprint density at radius 2 is 2.04 bits per heavy atom. The van der Waals surface area contributed by atoms with Gasteiger partial charge in [0, 0.05) is 31.6 Å². The van der Waals surface area contributed by atoms with E-state index in [2.05, 4.69) is 42.6 Å². The summed E-state index contributed by atoms with van der Waals surface area (Å²) >= 11 is 0. The Labute approximate surface area is 148 Å². The highest BCUT2D eigenvalue weighted by molar-refractivity contribution is 5.43. The Bertz CT molecular complexity index is 713. The normalized spacial score (nSPS) is 23.1. The number of anilines is 3. The predicted molar refractivity (Wildman–Crippen MR) is 99.4 cm³/mol. The van der Waals surface area contributed by atoms with Crippen molar-refractivity contribution in [3.05, 3.63) is 35.9 Å². The maximum atomic E-state index is 5.92. The molecule has 1 aromatic heterocycles. The average Bonchev–Trinajstić information content (AvgIpc) is 3.04. The minimum Gasteiger partial charge on any atom is -0.368 e. The van der Waals surface area contributed by atoms with Gasteiger partial charge in [0.05, 0.1) is 0 Å². The van der Waals surface area contributed by atoms with Crippen LogP contribution in [0.25, 0.3) is 0 Å². The highest BCUT2D eigenvalue weighted by Crippen LogP contribution is 2.37. The molecule has 2 aliphatic heterocycles. The average molecular weight is 339 g/mol. The van der Waals surface area contributed by atoms with Crippen molar-refractivity contribution < 1.29 is 0 Å². The topological polar surface area (TPSA) is 92.0 Å². The molecule has 7 heteroatoms. The van der Waals surface area contributed by atoms with Crippen molar-refractivity contribution >= 4 is 17.8 Å². The summed E-state index contributed by atoms with van der Waals surface area (Å²) in [6.07, 6.45) is 3.70. The summed E-state index contributed by atoms with van der Waals surface area (Å²) in [4.78, 5) is 15.4. The first-order chi connectivity index (χ1) is 12.2. The second-order valence-corrected chi connectivity index (χ2v) is 7.11. The number of nitrogens with zero attached hydrogens (tertiary/aromatic N) is 4. The molecule has 1 aromatic carbocycles. The summed E-state index contributed by atoms with van der Waals surface area (Å²) < 4.78 is 0. The van der Waals surface area contributed by atoms with Gasteiger partial charge < -0.3 is 21.3 Å². The Balaban J connectivity index is 1.46. The van der Waals surface area contributed by atoms with Gasteiger partial charge in [-0.15, -0.1) is 0 Å². The minimum absolute atomic E-state index is 0.267. The Hall–Kier alpha value is -2.41. The van der Waals surface area contributed by atoms with Crippen molar-refractivity contribution in [3.63, 3.8) is 0 Å². The molecule has 4 rings (SSSR count). The fraction of sp³-hybridized carbons (Fsp3) is 0.500. The van der Waals surface area contributed by atoms with Crippen LogP contribution in [0, 0.1) is 5.41 Å². The van der Waals surface area contributed by atoms with Crippen LogP contribution in [0.15, 0.2) is 30.3 Å². The SMILES string of the molecule is Nc1nc(NCc2ccccc2)nc(N2CC[C@@]3(CCCNC3)C2)n1. The second-order valence-electron chi connectivity index (χ2n) is 7.11. The number of rotatable bonds is 4. The van der Waals surface area contributed by atoms with Gasteiger partial charge in [0.1, 0.15) is 0 Å². The maximum absolute atomic E-state index is 5.92. The highest BCUT2D eigenvalue weighted by Gasteiger charge is 2.39. The van der Waals surface area contributed by atoms with Crippen LogP contribution in [0.3, 0.4) is 0 Å². The van der Waals surface area contributed by atoms with E-state index in [1.807, 2.05) is 18.2 Å². The number of benzene rings is 1. The van der Waals surface area contributed by atoms with E-state index in [0.29, 0.717) is 23.9 Å². The number of nitrogens with two attached hydrogens (primary N) is 1. The molecule has 3 heterocycles. The quantitative estimate of drug-likeness (QED) is 0.780. The van der Waals surface area contributed by atoms with Crippen LogP contribution in [0.4, 0.5) is 17.8 Å². The van der Waals surface area contributed by atoms with Gasteiger partial charge in [-0.1, -0.05) is 30.3 Å². The highest BCUT2D eigenvalue weighted by atomic mass is 15.3. The Morgan fingerprint density at radius 3 is 2.84 bits per heavy atom. The van der Waals surface area contributed by atoms with Crippen molar-refractivity contribution in [2.45, 2.75) is 25.8 Å². The van der Waals surface area contributed by atoms with Gasteiger partial charge in [0.25, 0.3) is 0 Å². The lowest BCUT2D eigenvalue weighted by molar-refractivity contribution is 0.239. The first-order valence-corrected chi connectivity index (χ1v) is 8.98. The lowest BCUT2D eigenvalue weighted by Gasteiger charge is -2.33. The maximum Gasteiger partial charge on any atom is 0.231 e. The summed E-state index contributed by atoms with van der Waals surface area (Å²) in [6.45, 7) is 4.85. The second kappa shape index (κ2) is 6.84. The molecule has 132 valence electrons. The zero-order valence-electron chi connectivity index (χ0n) is 14.4. The molecule has 2 aromatic rings. The molecule has 1 atom stereocenters. The lowest BCUT2D eigenvalue weighted by Crippen LogP contribution is -2.42. The van der Waals surface area contributed by atoms with Gasteiger partial charge in [-0.25, -0.2) is 0 Å². The largest absolute Gasteiger partial charge is 0.368 e. The van der Waals surface area contributed by atoms with Crippen molar-refractivity contribution in [1.29, 1.82) is 0 Å². The van der Waals surface area contributed by atoms with Gasteiger partial charge in [-0.2, -0.15) is 15.0 Å². The monoisotopic (exact) mass is 339 g/mol. The molecule has 0 aliphatic carbocycles. The molecular formula is C18H25N7. The van der Waals surface area contributed by atoms with Gasteiger partial charge in [0.2, 0.25) is 17.8 Å².